The summed E-state index contributed by atoms with van der Waals surface area (Å²) in [6.07, 6.45) is 3.46. The first-order chi connectivity index (χ1) is 9.16. The summed E-state index contributed by atoms with van der Waals surface area (Å²) in [6.45, 7) is 2.08. The molecular weight excluding hydrogens is 260 g/mol. The van der Waals surface area contributed by atoms with E-state index in [0.717, 1.165) is 21.6 Å². The van der Waals surface area contributed by atoms with Gasteiger partial charge in [-0.1, -0.05) is 23.7 Å². The van der Waals surface area contributed by atoms with Gasteiger partial charge in [-0.3, -0.25) is 4.98 Å². The summed E-state index contributed by atoms with van der Waals surface area (Å²) in [6, 6.07) is 9.77. The molecule has 0 radical (unpaired) electrons. The van der Waals surface area contributed by atoms with Gasteiger partial charge in [0.05, 0.1) is 17.8 Å². The van der Waals surface area contributed by atoms with Gasteiger partial charge in [0.25, 0.3) is 0 Å². The van der Waals surface area contributed by atoms with Gasteiger partial charge in [-0.05, 0) is 30.7 Å². The van der Waals surface area contributed by atoms with E-state index in [1.807, 2.05) is 34.9 Å². The molecule has 0 fully saturated rings. The van der Waals surface area contributed by atoms with Crippen LogP contribution in [0, 0.1) is 0 Å². The lowest BCUT2D eigenvalue weighted by Crippen LogP contribution is -2.10. The van der Waals surface area contributed by atoms with Crippen molar-refractivity contribution in [2.75, 3.05) is 5.73 Å². The van der Waals surface area contributed by atoms with Crippen molar-refractivity contribution in [2.24, 2.45) is 0 Å². The van der Waals surface area contributed by atoms with Crippen LogP contribution in [0.4, 0.5) is 5.95 Å². The topological polar surface area (TPSA) is 56.7 Å². The van der Waals surface area contributed by atoms with Gasteiger partial charge >= 0.3 is 0 Å². The second kappa shape index (κ2) is 4.55. The zero-order valence-electron chi connectivity index (χ0n) is 10.4. The average molecular weight is 273 g/mol. The number of nitrogens with two attached hydrogens (primary N) is 1. The van der Waals surface area contributed by atoms with Crippen molar-refractivity contribution >= 4 is 28.6 Å². The quantitative estimate of drug-likeness (QED) is 0.779. The van der Waals surface area contributed by atoms with Crippen LogP contribution in [-0.4, -0.2) is 14.5 Å². The van der Waals surface area contributed by atoms with Gasteiger partial charge in [0.2, 0.25) is 5.95 Å². The summed E-state index contributed by atoms with van der Waals surface area (Å²) in [5, 5.41) is 0.726. The summed E-state index contributed by atoms with van der Waals surface area (Å²) >= 11 is 5.92. The molecule has 4 nitrogen and oxygen atoms in total. The number of imidazole rings is 1. The molecule has 1 aromatic carbocycles. The first-order valence-electron chi connectivity index (χ1n) is 5.99. The normalized spacial score (nSPS) is 12.7. The smallest absolute Gasteiger partial charge is 0.201 e. The Balaban J connectivity index is 2.13. The fraction of sp³-hybridized carbons (Fsp3) is 0.143. The predicted octanol–water partition coefficient (Wildman–Crippen LogP) is 3.28. The summed E-state index contributed by atoms with van der Waals surface area (Å²) < 4.78 is 2.00. The number of benzene rings is 1. The maximum absolute atomic E-state index is 6.02. The van der Waals surface area contributed by atoms with Crippen LogP contribution >= 0.6 is 11.6 Å². The summed E-state index contributed by atoms with van der Waals surface area (Å²) in [5.74, 6) is 0.491. The van der Waals surface area contributed by atoms with Gasteiger partial charge < -0.3 is 10.3 Å². The highest BCUT2D eigenvalue weighted by molar-refractivity contribution is 6.30. The third-order valence-corrected chi connectivity index (χ3v) is 3.51. The monoisotopic (exact) mass is 272 g/mol. The molecule has 0 saturated carbocycles. The Morgan fingerprint density at radius 2 is 1.95 bits per heavy atom. The number of hydrogen-bond acceptors (Lipinski definition) is 3. The van der Waals surface area contributed by atoms with Crippen molar-refractivity contribution in [2.45, 2.75) is 13.0 Å². The summed E-state index contributed by atoms with van der Waals surface area (Å²) in [5.41, 5.74) is 8.94. The maximum atomic E-state index is 6.02. The van der Waals surface area contributed by atoms with E-state index < -0.39 is 0 Å². The molecule has 19 heavy (non-hydrogen) atoms. The molecule has 1 unspecified atom stereocenters. The Bertz CT molecular complexity index is 718. The second-order valence-electron chi connectivity index (χ2n) is 4.43. The van der Waals surface area contributed by atoms with Crippen LogP contribution in [0.25, 0.3) is 11.0 Å². The molecule has 0 saturated heterocycles. The van der Waals surface area contributed by atoms with E-state index in [2.05, 4.69) is 16.9 Å². The van der Waals surface area contributed by atoms with E-state index in [-0.39, 0.29) is 6.04 Å². The largest absolute Gasteiger partial charge is 0.369 e. The van der Waals surface area contributed by atoms with Crippen molar-refractivity contribution in [1.82, 2.24) is 14.5 Å². The first kappa shape index (κ1) is 12.0. The fourth-order valence-electron chi connectivity index (χ4n) is 2.27. The lowest BCUT2D eigenvalue weighted by Gasteiger charge is -2.16. The van der Waals surface area contributed by atoms with Crippen molar-refractivity contribution in [3.8, 4) is 0 Å². The van der Waals surface area contributed by atoms with Gasteiger partial charge in [0.15, 0.2) is 0 Å². The third-order valence-electron chi connectivity index (χ3n) is 3.26. The molecule has 0 amide bonds. The second-order valence-corrected chi connectivity index (χ2v) is 4.87. The predicted molar refractivity (Wildman–Crippen MR) is 77.2 cm³/mol. The van der Waals surface area contributed by atoms with E-state index in [1.165, 1.54) is 0 Å². The number of pyridine rings is 1. The number of halogens is 1. The molecule has 96 valence electrons. The average Bonchev–Trinajstić information content (AvgIpc) is 2.74. The summed E-state index contributed by atoms with van der Waals surface area (Å²) in [7, 11) is 0. The van der Waals surface area contributed by atoms with E-state index in [1.54, 1.807) is 12.4 Å². The molecule has 2 heterocycles. The Labute approximate surface area is 115 Å². The zero-order chi connectivity index (χ0) is 13.4. The Morgan fingerprint density at radius 3 is 2.68 bits per heavy atom. The SMILES string of the molecule is CC(c1ccc(Cl)cc1)n1c(N)nc2cnccc21. The molecule has 5 heteroatoms. The molecule has 2 aromatic heterocycles. The number of aromatic nitrogens is 3. The molecule has 0 aliphatic rings. The molecule has 0 spiro atoms. The highest BCUT2D eigenvalue weighted by Crippen LogP contribution is 2.27. The Hall–Kier alpha value is -2.07. The number of fused-ring (bicyclic) bond motifs is 1. The molecule has 3 aromatic rings. The molecular formula is C14H13ClN4. The van der Waals surface area contributed by atoms with Gasteiger partial charge in [-0.15, -0.1) is 0 Å². The van der Waals surface area contributed by atoms with Crippen LogP contribution in [-0.2, 0) is 0 Å². The molecule has 2 N–H and O–H groups in total. The van der Waals surface area contributed by atoms with E-state index in [0.29, 0.717) is 5.95 Å². The summed E-state index contributed by atoms with van der Waals surface area (Å²) in [4.78, 5) is 8.39. The minimum atomic E-state index is 0.0877. The number of hydrogen-bond donors (Lipinski definition) is 1. The van der Waals surface area contributed by atoms with Gasteiger partial charge in [-0.2, -0.15) is 0 Å². The van der Waals surface area contributed by atoms with E-state index in [9.17, 15) is 0 Å². The zero-order valence-corrected chi connectivity index (χ0v) is 11.2. The van der Waals surface area contributed by atoms with E-state index in [4.69, 9.17) is 17.3 Å². The Kier molecular flexibility index (Phi) is 2.87. The van der Waals surface area contributed by atoms with Crippen molar-refractivity contribution < 1.29 is 0 Å². The minimum Gasteiger partial charge on any atom is -0.369 e. The van der Waals surface area contributed by atoms with Gasteiger partial charge in [0.1, 0.15) is 5.52 Å². The maximum Gasteiger partial charge on any atom is 0.201 e. The van der Waals surface area contributed by atoms with Crippen molar-refractivity contribution in [3.05, 3.63) is 53.3 Å². The van der Waals surface area contributed by atoms with Crippen molar-refractivity contribution in [1.29, 1.82) is 0 Å². The van der Waals surface area contributed by atoms with Crippen LogP contribution in [0.1, 0.15) is 18.5 Å². The Morgan fingerprint density at radius 1 is 1.21 bits per heavy atom. The fourth-order valence-corrected chi connectivity index (χ4v) is 2.39. The highest BCUT2D eigenvalue weighted by Gasteiger charge is 2.15. The minimum absolute atomic E-state index is 0.0877. The van der Waals surface area contributed by atoms with Crippen LogP contribution < -0.4 is 5.73 Å². The molecule has 0 aliphatic heterocycles. The first-order valence-corrected chi connectivity index (χ1v) is 6.37. The lowest BCUT2D eigenvalue weighted by molar-refractivity contribution is 0.668. The number of nitrogen functional groups attached to an aromatic ring is 1. The number of rotatable bonds is 2. The lowest BCUT2D eigenvalue weighted by atomic mass is 10.1. The standard InChI is InChI=1S/C14H13ClN4/c1-9(10-2-4-11(15)5-3-10)19-13-6-7-17-8-12(13)18-14(19)16/h2-9H,1H3,(H2,16,18). The van der Waals surface area contributed by atoms with Crippen LogP contribution in [0.3, 0.4) is 0 Å². The molecule has 0 aliphatic carbocycles. The van der Waals surface area contributed by atoms with Crippen molar-refractivity contribution in [3.63, 3.8) is 0 Å². The number of anilines is 1. The molecule has 1 atom stereocenters. The third kappa shape index (κ3) is 2.04. The van der Waals surface area contributed by atoms with Crippen LogP contribution in [0.15, 0.2) is 42.7 Å². The number of nitrogens with zero attached hydrogens (tertiary/aromatic N) is 3. The highest BCUT2D eigenvalue weighted by atomic mass is 35.5. The van der Waals surface area contributed by atoms with Crippen LogP contribution in [0.5, 0.6) is 0 Å². The van der Waals surface area contributed by atoms with Gasteiger partial charge in [-0.25, -0.2) is 4.98 Å². The van der Waals surface area contributed by atoms with Gasteiger partial charge in [0, 0.05) is 11.2 Å². The molecule has 3 rings (SSSR count). The van der Waals surface area contributed by atoms with E-state index >= 15 is 0 Å². The van der Waals surface area contributed by atoms with Crippen LogP contribution in [0.2, 0.25) is 5.02 Å². The molecule has 0 bridgehead atoms.